The molecular formula is C26H32N4O. The van der Waals surface area contributed by atoms with Crippen molar-refractivity contribution in [3.8, 4) is 6.01 Å². The van der Waals surface area contributed by atoms with Crippen LogP contribution in [0, 0.1) is 0 Å². The van der Waals surface area contributed by atoms with E-state index in [2.05, 4.69) is 73.2 Å². The Bertz CT molecular complexity index is 1070. The summed E-state index contributed by atoms with van der Waals surface area (Å²) in [6.07, 6.45) is 3.40. The Morgan fingerprint density at radius 2 is 1.90 bits per heavy atom. The van der Waals surface area contributed by atoms with Gasteiger partial charge < -0.3 is 14.5 Å². The number of likely N-dealkylation sites (N-methyl/N-ethyl adjacent to an activating group) is 1. The molecule has 5 rings (SSSR count). The van der Waals surface area contributed by atoms with Gasteiger partial charge in [-0.2, -0.15) is 9.97 Å². The fourth-order valence-electron chi connectivity index (χ4n) is 5.03. The first-order valence-electron chi connectivity index (χ1n) is 11.6. The van der Waals surface area contributed by atoms with E-state index in [1.807, 2.05) is 0 Å². The van der Waals surface area contributed by atoms with Gasteiger partial charge in [0.05, 0.1) is 17.9 Å². The zero-order valence-electron chi connectivity index (χ0n) is 18.8. The highest BCUT2D eigenvalue weighted by molar-refractivity contribution is 5.94. The number of ether oxygens (including phenoxy) is 1. The average molecular weight is 417 g/mol. The van der Waals surface area contributed by atoms with Crippen molar-refractivity contribution in [1.29, 1.82) is 0 Å². The number of likely N-dealkylation sites (tertiary alicyclic amines) is 1. The predicted molar refractivity (Wildman–Crippen MR) is 126 cm³/mol. The maximum Gasteiger partial charge on any atom is 0.316 e. The van der Waals surface area contributed by atoms with Crippen molar-refractivity contribution in [2.75, 3.05) is 31.6 Å². The Labute approximate surface area is 185 Å². The number of rotatable bonds is 5. The summed E-state index contributed by atoms with van der Waals surface area (Å²) in [5.41, 5.74) is 4.87. The first-order chi connectivity index (χ1) is 15.1. The van der Waals surface area contributed by atoms with Crippen LogP contribution in [-0.2, 0) is 13.0 Å². The third-order valence-corrected chi connectivity index (χ3v) is 6.81. The fraction of sp³-hybridized carbons (Fsp3) is 0.462. The average Bonchev–Trinajstić information content (AvgIpc) is 3.20. The summed E-state index contributed by atoms with van der Waals surface area (Å²) in [4.78, 5) is 14.6. The smallest absolute Gasteiger partial charge is 0.316 e. The number of hydrogen-bond acceptors (Lipinski definition) is 5. The third kappa shape index (κ3) is 3.99. The first kappa shape index (κ1) is 20.3. The lowest BCUT2D eigenvalue weighted by Gasteiger charge is -2.32. The molecule has 2 aliphatic rings. The van der Waals surface area contributed by atoms with Crippen LogP contribution in [0.4, 0.5) is 5.69 Å². The molecule has 3 heterocycles. The number of benzene rings is 2. The normalized spacial score (nSPS) is 19.2. The Morgan fingerprint density at radius 3 is 2.71 bits per heavy atom. The molecule has 162 valence electrons. The molecule has 0 radical (unpaired) electrons. The van der Waals surface area contributed by atoms with Gasteiger partial charge in [-0.1, -0.05) is 50.2 Å². The minimum atomic E-state index is 0.359. The van der Waals surface area contributed by atoms with Gasteiger partial charge in [-0.25, -0.2) is 0 Å². The van der Waals surface area contributed by atoms with E-state index in [4.69, 9.17) is 14.7 Å². The van der Waals surface area contributed by atoms with Gasteiger partial charge in [0.1, 0.15) is 6.61 Å². The molecule has 0 amide bonds. The summed E-state index contributed by atoms with van der Waals surface area (Å²) in [7, 11) is 2.18. The van der Waals surface area contributed by atoms with Crippen molar-refractivity contribution in [2.24, 2.45) is 0 Å². The van der Waals surface area contributed by atoms with E-state index in [0.717, 1.165) is 37.4 Å². The van der Waals surface area contributed by atoms with Gasteiger partial charge in [0, 0.05) is 23.7 Å². The molecule has 0 aliphatic carbocycles. The van der Waals surface area contributed by atoms with Crippen LogP contribution >= 0.6 is 0 Å². The molecule has 5 heteroatoms. The van der Waals surface area contributed by atoms with Gasteiger partial charge in [-0.15, -0.1) is 0 Å². The lowest BCUT2D eigenvalue weighted by molar-refractivity contribution is 0.186. The summed E-state index contributed by atoms with van der Waals surface area (Å²) >= 11 is 0. The molecule has 1 saturated heterocycles. The van der Waals surface area contributed by atoms with Gasteiger partial charge in [0.15, 0.2) is 0 Å². The zero-order chi connectivity index (χ0) is 21.4. The number of hydrogen-bond donors (Lipinski definition) is 0. The molecule has 5 nitrogen and oxygen atoms in total. The molecule has 2 aliphatic heterocycles. The minimum absolute atomic E-state index is 0.359. The second-order valence-corrected chi connectivity index (χ2v) is 9.23. The molecule has 2 aromatic carbocycles. The Balaban J connectivity index is 1.44. The quantitative estimate of drug-likeness (QED) is 0.598. The van der Waals surface area contributed by atoms with Crippen molar-refractivity contribution in [1.82, 2.24) is 14.9 Å². The molecule has 1 fully saturated rings. The van der Waals surface area contributed by atoms with Crippen LogP contribution in [0.25, 0.3) is 10.8 Å². The highest BCUT2D eigenvalue weighted by atomic mass is 16.5. The lowest BCUT2D eigenvalue weighted by Crippen LogP contribution is -2.33. The summed E-state index contributed by atoms with van der Waals surface area (Å²) in [6.45, 7) is 8.03. The number of fused-ring (bicyclic) bond motifs is 2. The van der Waals surface area contributed by atoms with Crippen molar-refractivity contribution in [3.63, 3.8) is 0 Å². The largest absolute Gasteiger partial charge is 0.462 e. The van der Waals surface area contributed by atoms with Gasteiger partial charge >= 0.3 is 6.01 Å². The van der Waals surface area contributed by atoms with Gasteiger partial charge in [0.25, 0.3) is 0 Å². The van der Waals surface area contributed by atoms with Crippen LogP contribution in [0.5, 0.6) is 6.01 Å². The molecule has 1 atom stereocenters. The summed E-state index contributed by atoms with van der Waals surface area (Å²) in [5.74, 6) is 0.359. The molecule has 0 bridgehead atoms. The Kier molecular flexibility index (Phi) is 5.53. The molecule has 3 aromatic rings. The SMILES string of the molecule is CC(C)c1nc(OC[C@@H]2CCCN2C)nc2c1CCN(c1cccc3ccccc13)C2. The minimum Gasteiger partial charge on any atom is -0.462 e. The predicted octanol–water partition coefficient (Wildman–Crippen LogP) is 4.79. The molecule has 1 aromatic heterocycles. The molecule has 0 unspecified atom stereocenters. The summed E-state index contributed by atoms with van der Waals surface area (Å²) < 4.78 is 6.15. The molecular weight excluding hydrogens is 384 g/mol. The van der Waals surface area contributed by atoms with Gasteiger partial charge in [-0.05, 0) is 55.8 Å². The second-order valence-electron chi connectivity index (χ2n) is 9.23. The van der Waals surface area contributed by atoms with Crippen LogP contribution in [0.1, 0.15) is 49.6 Å². The Hall–Kier alpha value is -2.66. The van der Waals surface area contributed by atoms with Crippen LogP contribution in [0.3, 0.4) is 0 Å². The van der Waals surface area contributed by atoms with E-state index in [0.29, 0.717) is 24.6 Å². The zero-order valence-corrected chi connectivity index (χ0v) is 18.8. The highest BCUT2D eigenvalue weighted by Gasteiger charge is 2.26. The molecule has 31 heavy (non-hydrogen) atoms. The molecule has 0 spiro atoms. The highest BCUT2D eigenvalue weighted by Crippen LogP contribution is 2.33. The van der Waals surface area contributed by atoms with E-state index in [1.54, 1.807) is 0 Å². The third-order valence-electron chi connectivity index (χ3n) is 6.81. The topological polar surface area (TPSA) is 41.5 Å². The van der Waals surface area contributed by atoms with Gasteiger partial charge in [-0.3, -0.25) is 0 Å². The van der Waals surface area contributed by atoms with Crippen molar-refractivity contribution in [2.45, 2.75) is 51.6 Å². The number of nitrogens with zero attached hydrogens (tertiary/aromatic N) is 4. The van der Waals surface area contributed by atoms with E-state index in [9.17, 15) is 0 Å². The van der Waals surface area contributed by atoms with Crippen molar-refractivity contribution >= 4 is 16.5 Å². The molecule has 0 N–H and O–H groups in total. The second kappa shape index (κ2) is 8.46. The maximum atomic E-state index is 6.15. The van der Waals surface area contributed by atoms with Crippen LogP contribution < -0.4 is 9.64 Å². The number of aromatic nitrogens is 2. The fourth-order valence-corrected chi connectivity index (χ4v) is 5.03. The van der Waals surface area contributed by atoms with Gasteiger partial charge in [0.2, 0.25) is 0 Å². The van der Waals surface area contributed by atoms with E-state index in [-0.39, 0.29) is 0 Å². The van der Waals surface area contributed by atoms with E-state index < -0.39 is 0 Å². The Morgan fingerprint density at radius 1 is 1.06 bits per heavy atom. The van der Waals surface area contributed by atoms with Crippen LogP contribution in [-0.4, -0.2) is 47.7 Å². The van der Waals surface area contributed by atoms with Crippen LogP contribution in [0.15, 0.2) is 42.5 Å². The standard InChI is InChI=1S/C26H32N4O/c1-18(2)25-22-13-15-30(24-12-6-9-19-8-4-5-11-21(19)24)16-23(22)27-26(28-25)31-17-20-10-7-14-29(20)3/h4-6,8-9,11-12,18,20H,7,10,13-17H2,1-3H3/t20-/m0/s1. The van der Waals surface area contributed by atoms with Crippen LogP contribution in [0.2, 0.25) is 0 Å². The number of anilines is 1. The van der Waals surface area contributed by atoms with Crippen molar-refractivity contribution < 1.29 is 4.74 Å². The van der Waals surface area contributed by atoms with Crippen molar-refractivity contribution in [3.05, 3.63) is 59.4 Å². The summed E-state index contributed by atoms with van der Waals surface area (Å²) in [6, 6.07) is 16.2. The van der Waals surface area contributed by atoms with E-state index >= 15 is 0 Å². The molecule has 0 saturated carbocycles. The monoisotopic (exact) mass is 416 g/mol. The summed E-state index contributed by atoms with van der Waals surface area (Å²) in [5, 5.41) is 2.58. The first-order valence-corrected chi connectivity index (χ1v) is 11.6. The van der Waals surface area contributed by atoms with E-state index in [1.165, 1.54) is 34.9 Å². The maximum absolute atomic E-state index is 6.15. The lowest BCUT2D eigenvalue weighted by atomic mass is 9.96.